The van der Waals surface area contributed by atoms with Crippen molar-refractivity contribution in [2.45, 2.75) is 33.1 Å². The summed E-state index contributed by atoms with van der Waals surface area (Å²) in [5, 5.41) is 2.76. The van der Waals surface area contributed by atoms with Crippen LogP contribution in [0, 0.1) is 12.7 Å². The molecule has 1 aliphatic rings. The average Bonchev–Trinajstić information content (AvgIpc) is 2.72. The molecule has 1 atom stereocenters. The Kier molecular flexibility index (Phi) is 6.84. The Morgan fingerprint density at radius 1 is 1.16 bits per heavy atom. The van der Waals surface area contributed by atoms with Crippen LogP contribution in [0.15, 0.2) is 59.8 Å². The van der Waals surface area contributed by atoms with Gasteiger partial charge >= 0.3 is 5.97 Å². The molecule has 0 saturated heterocycles. The molecule has 0 radical (unpaired) electrons. The molecule has 1 N–H and O–H groups in total. The zero-order valence-electron chi connectivity index (χ0n) is 17.8. The van der Waals surface area contributed by atoms with E-state index >= 15 is 0 Å². The Hall–Kier alpha value is -3.48. The third kappa shape index (κ3) is 5.17. The molecule has 3 rings (SSSR count). The number of halogens is 1. The highest BCUT2D eigenvalue weighted by atomic mass is 19.1. The summed E-state index contributed by atoms with van der Waals surface area (Å²) in [6.07, 6.45) is -0.0627. The molecule has 162 valence electrons. The number of nitrogens with one attached hydrogen (secondary N) is 1. The van der Waals surface area contributed by atoms with Gasteiger partial charge in [0.2, 0.25) is 11.8 Å². The third-order valence-electron chi connectivity index (χ3n) is 5.21. The van der Waals surface area contributed by atoms with Gasteiger partial charge in [-0.25, -0.2) is 9.18 Å². The van der Waals surface area contributed by atoms with Crippen molar-refractivity contribution < 1.29 is 23.5 Å². The fraction of sp³-hybridized carbons (Fsp3) is 0.292. The predicted molar refractivity (Wildman–Crippen MR) is 115 cm³/mol. The maximum atomic E-state index is 13.8. The van der Waals surface area contributed by atoms with Crippen molar-refractivity contribution in [3.63, 3.8) is 0 Å². The molecule has 6 nitrogen and oxygen atoms in total. The van der Waals surface area contributed by atoms with Crippen LogP contribution in [-0.4, -0.2) is 35.8 Å². The zero-order valence-corrected chi connectivity index (χ0v) is 17.8. The molecule has 0 saturated carbocycles. The second kappa shape index (κ2) is 9.55. The lowest BCUT2D eigenvalue weighted by atomic mass is 9.83. The number of anilines is 1. The number of carbonyl (C=O) groups is 3. The van der Waals surface area contributed by atoms with Crippen LogP contribution < -0.4 is 5.32 Å². The third-order valence-corrected chi connectivity index (χ3v) is 5.21. The summed E-state index contributed by atoms with van der Waals surface area (Å²) in [6, 6.07) is 13.1. The van der Waals surface area contributed by atoms with Crippen LogP contribution in [0.5, 0.6) is 0 Å². The van der Waals surface area contributed by atoms with E-state index in [0.29, 0.717) is 16.9 Å². The molecule has 0 aromatic heterocycles. The number of rotatable bonds is 6. The van der Waals surface area contributed by atoms with E-state index in [4.69, 9.17) is 4.74 Å². The second-order valence-electron chi connectivity index (χ2n) is 7.43. The van der Waals surface area contributed by atoms with E-state index < -0.39 is 17.7 Å². The number of nitrogens with zero attached hydrogens (tertiary/aromatic N) is 1. The normalized spacial score (nSPS) is 16.3. The van der Waals surface area contributed by atoms with Gasteiger partial charge in [0, 0.05) is 23.7 Å². The first-order valence-corrected chi connectivity index (χ1v) is 10.1. The molecule has 0 spiro atoms. The lowest BCUT2D eigenvalue weighted by molar-refractivity contribution is -0.140. The van der Waals surface area contributed by atoms with Crippen LogP contribution in [0.1, 0.15) is 37.3 Å². The number of aryl methyl sites for hydroxylation is 1. The van der Waals surface area contributed by atoms with Gasteiger partial charge in [-0.2, -0.15) is 0 Å². The second-order valence-corrected chi connectivity index (χ2v) is 7.43. The highest BCUT2D eigenvalue weighted by molar-refractivity contribution is 5.99. The lowest BCUT2D eigenvalue weighted by Crippen LogP contribution is -2.42. The van der Waals surface area contributed by atoms with E-state index in [1.165, 1.54) is 23.1 Å². The van der Waals surface area contributed by atoms with E-state index in [2.05, 4.69) is 5.32 Å². The zero-order chi connectivity index (χ0) is 22.5. The number of hydrogen-bond donors (Lipinski definition) is 1. The van der Waals surface area contributed by atoms with Gasteiger partial charge in [-0.1, -0.05) is 29.8 Å². The van der Waals surface area contributed by atoms with Gasteiger partial charge < -0.3 is 15.0 Å². The van der Waals surface area contributed by atoms with Crippen molar-refractivity contribution in [1.82, 2.24) is 4.90 Å². The van der Waals surface area contributed by atoms with Crippen LogP contribution in [0.2, 0.25) is 0 Å². The molecular formula is C24H25FN2O4. The summed E-state index contributed by atoms with van der Waals surface area (Å²) >= 11 is 0. The largest absolute Gasteiger partial charge is 0.463 e. The van der Waals surface area contributed by atoms with Crippen LogP contribution in [0.3, 0.4) is 0 Å². The molecule has 2 amide bonds. The van der Waals surface area contributed by atoms with Crippen LogP contribution in [-0.2, 0) is 19.1 Å². The molecule has 0 fully saturated rings. The number of amides is 2. The number of carbonyl (C=O) groups excluding carboxylic acids is 3. The average molecular weight is 424 g/mol. The van der Waals surface area contributed by atoms with Crippen LogP contribution in [0.4, 0.5) is 10.1 Å². The standard InChI is InChI=1S/C24H25FN2O4/c1-4-31-24(30)23-16(3)27(14-21(28)26-19-10-8-15(2)9-11-19)22(29)13-20(23)17-6-5-7-18(25)12-17/h5-12,20H,4,13-14H2,1-3H3,(H,26,28)/t20-/m1/s1. The smallest absolute Gasteiger partial charge is 0.336 e. The molecule has 7 heteroatoms. The maximum Gasteiger partial charge on any atom is 0.336 e. The highest BCUT2D eigenvalue weighted by Crippen LogP contribution is 2.37. The van der Waals surface area contributed by atoms with E-state index in [0.717, 1.165) is 5.56 Å². The molecule has 2 aromatic rings. The van der Waals surface area contributed by atoms with Crippen molar-refractivity contribution in [3.05, 3.63) is 76.7 Å². The van der Waals surface area contributed by atoms with Crippen LogP contribution >= 0.6 is 0 Å². The van der Waals surface area contributed by atoms with Gasteiger partial charge in [0.1, 0.15) is 12.4 Å². The number of hydrogen-bond acceptors (Lipinski definition) is 4. The molecule has 2 aromatic carbocycles. The van der Waals surface area contributed by atoms with Crippen molar-refractivity contribution in [2.24, 2.45) is 0 Å². The van der Waals surface area contributed by atoms with Gasteiger partial charge in [-0.05, 0) is 50.6 Å². The van der Waals surface area contributed by atoms with Gasteiger partial charge in [0.25, 0.3) is 0 Å². The molecular weight excluding hydrogens is 399 g/mol. The number of benzene rings is 2. The minimum atomic E-state index is -0.640. The van der Waals surface area contributed by atoms with Gasteiger partial charge in [0.05, 0.1) is 12.2 Å². The topological polar surface area (TPSA) is 75.7 Å². The van der Waals surface area contributed by atoms with Crippen molar-refractivity contribution in [1.29, 1.82) is 0 Å². The van der Waals surface area contributed by atoms with Gasteiger partial charge in [0.15, 0.2) is 0 Å². The predicted octanol–water partition coefficient (Wildman–Crippen LogP) is 3.93. The number of allylic oxidation sites excluding steroid dienone is 1. The van der Waals surface area contributed by atoms with Crippen LogP contribution in [0.25, 0.3) is 0 Å². The maximum absolute atomic E-state index is 13.8. The Morgan fingerprint density at radius 2 is 1.87 bits per heavy atom. The molecule has 0 bridgehead atoms. The first-order chi connectivity index (χ1) is 14.8. The number of ether oxygens (including phenoxy) is 1. The van der Waals surface area contributed by atoms with Gasteiger partial charge in [-0.15, -0.1) is 0 Å². The molecule has 31 heavy (non-hydrogen) atoms. The van der Waals surface area contributed by atoms with E-state index in [9.17, 15) is 18.8 Å². The first kappa shape index (κ1) is 22.2. The molecule has 0 unspecified atom stereocenters. The first-order valence-electron chi connectivity index (χ1n) is 10.1. The quantitative estimate of drug-likeness (QED) is 0.713. The fourth-order valence-corrected chi connectivity index (χ4v) is 3.67. The Morgan fingerprint density at radius 3 is 2.52 bits per heavy atom. The van der Waals surface area contributed by atoms with E-state index in [1.54, 1.807) is 32.0 Å². The minimum Gasteiger partial charge on any atom is -0.463 e. The SMILES string of the molecule is CCOC(=O)C1=C(C)N(CC(=O)Nc2ccc(C)cc2)C(=O)C[C@@H]1c1cccc(F)c1. The van der Waals surface area contributed by atoms with E-state index in [1.807, 2.05) is 19.1 Å². The minimum absolute atomic E-state index is 0.0627. The summed E-state index contributed by atoms with van der Waals surface area (Å²) in [6.45, 7) is 5.16. The van der Waals surface area contributed by atoms with Crippen molar-refractivity contribution >= 4 is 23.5 Å². The van der Waals surface area contributed by atoms with Crippen molar-refractivity contribution in [3.8, 4) is 0 Å². The Bertz CT molecular complexity index is 1030. The summed E-state index contributed by atoms with van der Waals surface area (Å²) in [4.78, 5) is 39.5. The Balaban J connectivity index is 1.90. The summed E-state index contributed by atoms with van der Waals surface area (Å²) in [5.74, 6) is -2.38. The fourth-order valence-electron chi connectivity index (χ4n) is 3.67. The molecule has 0 aliphatic carbocycles. The number of esters is 1. The lowest BCUT2D eigenvalue weighted by Gasteiger charge is -2.34. The Labute approximate surface area is 180 Å². The summed E-state index contributed by atoms with van der Waals surface area (Å²) in [5.41, 5.74) is 2.79. The monoisotopic (exact) mass is 424 g/mol. The summed E-state index contributed by atoms with van der Waals surface area (Å²) < 4.78 is 19.0. The van der Waals surface area contributed by atoms with Crippen molar-refractivity contribution in [2.75, 3.05) is 18.5 Å². The highest BCUT2D eigenvalue weighted by Gasteiger charge is 2.37. The van der Waals surface area contributed by atoms with E-state index in [-0.39, 0.29) is 37.0 Å². The van der Waals surface area contributed by atoms with Gasteiger partial charge in [-0.3, -0.25) is 9.59 Å². The molecule has 1 heterocycles. The molecule has 1 aliphatic heterocycles. The summed E-state index contributed by atoms with van der Waals surface area (Å²) in [7, 11) is 0.